The number of benzene rings is 1. The van der Waals surface area contributed by atoms with Crippen molar-refractivity contribution >= 4 is 27.5 Å². The molecule has 1 aromatic carbocycles. The molecule has 1 aromatic rings. The zero-order chi connectivity index (χ0) is 16.1. The van der Waals surface area contributed by atoms with Crippen molar-refractivity contribution in [3.63, 3.8) is 0 Å². The highest BCUT2D eigenvalue weighted by Crippen LogP contribution is 2.26. The first-order valence-corrected chi connectivity index (χ1v) is 7.83. The maximum atomic E-state index is 12.3. The van der Waals surface area contributed by atoms with Crippen molar-refractivity contribution in [2.24, 2.45) is 11.1 Å². The normalized spacial score (nSPS) is 19.5. The molecular formula is C17H19BrN2O2. The Kier molecular flexibility index (Phi) is 5.55. The van der Waals surface area contributed by atoms with E-state index < -0.39 is 0 Å². The number of amides is 1. The van der Waals surface area contributed by atoms with Gasteiger partial charge < -0.3 is 10.2 Å². The van der Waals surface area contributed by atoms with Crippen molar-refractivity contribution in [1.82, 2.24) is 5.32 Å². The van der Waals surface area contributed by atoms with E-state index in [1.165, 1.54) is 7.11 Å². The lowest BCUT2D eigenvalue weighted by Gasteiger charge is -2.23. The Morgan fingerprint density at radius 2 is 2.09 bits per heavy atom. The highest BCUT2D eigenvalue weighted by Gasteiger charge is 2.23. The Labute approximate surface area is 139 Å². The molecule has 5 heteroatoms. The summed E-state index contributed by atoms with van der Waals surface area (Å²) in [4.78, 5) is 17.2. The van der Waals surface area contributed by atoms with Gasteiger partial charge in [0.1, 0.15) is 12.8 Å². The van der Waals surface area contributed by atoms with Crippen LogP contribution < -0.4 is 5.32 Å². The maximum Gasteiger partial charge on any atom is 0.255 e. The van der Waals surface area contributed by atoms with Crippen molar-refractivity contribution in [3.05, 3.63) is 58.2 Å². The van der Waals surface area contributed by atoms with Gasteiger partial charge in [-0.1, -0.05) is 39.3 Å². The van der Waals surface area contributed by atoms with Crippen LogP contribution in [0.4, 0.5) is 0 Å². The highest BCUT2D eigenvalue weighted by atomic mass is 79.9. The first-order valence-electron chi connectivity index (χ1n) is 7.04. The van der Waals surface area contributed by atoms with Gasteiger partial charge in [0.05, 0.1) is 5.70 Å². The summed E-state index contributed by atoms with van der Waals surface area (Å²) in [6.07, 6.45) is 3.54. The SMILES string of the molecule is C=C(C)[C@@H]1CC=C(NC(=O)c2ccc(Br)cc2)/C(=N/OC)C1. The fourth-order valence-corrected chi connectivity index (χ4v) is 2.56. The van der Waals surface area contributed by atoms with E-state index in [1.54, 1.807) is 12.1 Å². The van der Waals surface area contributed by atoms with Crippen molar-refractivity contribution < 1.29 is 9.63 Å². The molecule has 22 heavy (non-hydrogen) atoms. The van der Waals surface area contributed by atoms with Crippen LogP contribution in [-0.2, 0) is 4.84 Å². The fraction of sp³-hybridized carbons (Fsp3) is 0.294. The minimum atomic E-state index is -0.156. The van der Waals surface area contributed by atoms with E-state index in [4.69, 9.17) is 4.84 Å². The van der Waals surface area contributed by atoms with Gasteiger partial charge in [-0.05, 0) is 43.5 Å². The summed E-state index contributed by atoms with van der Waals surface area (Å²) >= 11 is 3.36. The fourth-order valence-electron chi connectivity index (χ4n) is 2.30. The number of allylic oxidation sites excluding steroid dienone is 3. The number of nitrogens with one attached hydrogen (secondary N) is 1. The summed E-state index contributed by atoms with van der Waals surface area (Å²) in [6.45, 7) is 6.01. The van der Waals surface area contributed by atoms with E-state index in [0.717, 1.165) is 28.6 Å². The smallest absolute Gasteiger partial charge is 0.255 e. The lowest BCUT2D eigenvalue weighted by molar-refractivity contribution is 0.0967. The largest absolute Gasteiger partial charge is 0.399 e. The van der Waals surface area contributed by atoms with Gasteiger partial charge in [0.15, 0.2) is 0 Å². The predicted octanol–water partition coefficient (Wildman–Crippen LogP) is 4.05. The highest BCUT2D eigenvalue weighted by molar-refractivity contribution is 9.10. The van der Waals surface area contributed by atoms with Gasteiger partial charge in [-0.3, -0.25) is 4.79 Å². The molecule has 0 fully saturated rings. The molecule has 0 bridgehead atoms. The summed E-state index contributed by atoms with van der Waals surface area (Å²) < 4.78 is 0.937. The van der Waals surface area contributed by atoms with Gasteiger partial charge in [0.25, 0.3) is 5.91 Å². The number of nitrogens with zero attached hydrogens (tertiary/aromatic N) is 1. The van der Waals surface area contributed by atoms with Crippen molar-refractivity contribution in [2.75, 3.05) is 7.11 Å². The molecule has 0 radical (unpaired) electrons. The molecular weight excluding hydrogens is 344 g/mol. The van der Waals surface area contributed by atoms with Gasteiger partial charge in [-0.2, -0.15) is 0 Å². The summed E-state index contributed by atoms with van der Waals surface area (Å²) in [7, 11) is 1.51. The molecule has 0 aliphatic heterocycles. The molecule has 1 aliphatic carbocycles. The second kappa shape index (κ2) is 7.40. The van der Waals surface area contributed by atoms with E-state index in [2.05, 4.69) is 33.0 Å². The number of hydrogen-bond acceptors (Lipinski definition) is 3. The third-order valence-electron chi connectivity index (χ3n) is 3.61. The Balaban J connectivity index is 2.16. The summed E-state index contributed by atoms with van der Waals surface area (Å²) in [5, 5.41) is 6.96. The van der Waals surface area contributed by atoms with Crippen LogP contribution in [0.3, 0.4) is 0 Å². The van der Waals surface area contributed by atoms with Gasteiger partial charge >= 0.3 is 0 Å². The minimum Gasteiger partial charge on any atom is -0.399 e. The average molecular weight is 363 g/mol. The predicted molar refractivity (Wildman–Crippen MR) is 91.7 cm³/mol. The van der Waals surface area contributed by atoms with E-state index in [-0.39, 0.29) is 5.91 Å². The molecule has 116 valence electrons. The molecule has 0 aromatic heterocycles. The summed E-state index contributed by atoms with van der Waals surface area (Å²) in [5.41, 5.74) is 3.17. The molecule has 0 saturated heterocycles. The lowest BCUT2D eigenvalue weighted by Crippen LogP contribution is -2.31. The Hall–Kier alpha value is -1.88. The van der Waals surface area contributed by atoms with Crippen LogP contribution in [0.1, 0.15) is 30.1 Å². The Bertz CT molecular complexity index is 633. The van der Waals surface area contributed by atoms with Gasteiger partial charge in [-0.15, -0.1) is 0 Å². The number of hydrogen-bond donors (Lipinski definition) is 1. The zero-order valence-electron chi connectivity index (χ0n) is 12.7. The van der Waals surface area contributed by atoms with E-state index in [0.29, 0.717) is 17.2 Å². The van der Waals surface area contributed by atoms with Gasteiger partial charge in [0.2, 0.25) is 0 Å². The van der Waals surface area contributed by atoms with Crippen LogP contribution in [-0.4, -0.2) is 18.7 Å². The van der Waals surface area contributed by atoms with Crippen molar-refractivity contribution in [1.29, 1.82) is 0 Å². The van der Waals surface area contributed by atoms with E-state index in [9.17, 15) is 4.79 Å². The molecule has 0 saturated carbocycles. The third kappa shape index (κ3) is 4.07. The van der Waals surface area contributed by atoms with Crippen LogP contribution in [0, 0.1) is 5.92 Å². The van der Waals surface area contributed by atoms with Crippen LogP contribution in [0.5, 0.6) is 0 Å². The van der Waals surface area contributed by atoms with Crippen LogP contribution in [0.15, 0.2) is 57.8 Å². The molecule has 0 unspecified atom stereocenters. The average Bonchev–Trinajstić information content (AvgIpc) is 2.49. The van der Waals surface area contributed by atoms with Crippen LogP contribution in [0.25, 0.3) is 0 Å². The number of rotatable bonds is 4. The van der Waals surface area contributed by atoms with Crippen molar-refractivity contribution in [2.45, 2.75) is 19.8 Å². The standard InChI is InChI=1S/C17H19BrN2O2/c1-11(2)13-6-9-15(16(10-13)20-22-3)19-17(21)12-4-7-14(18)8-5-12/h4-5,7-9,13H,1,6,10H2,2-3H3,(H,19,21)/b20-16+/t13-/m1/s1. The maximum absolute atomic E-state index is 12.3. The monoisotopic (exact) mass is 362 g/mol. The summed E-state index contributed by atoms with van der Waals surface area (Å²) in [5.74, 6) is 0.179. The number of carbonyl (C=O) groups is 1. The second-order valence-electron chi connectivity index (χ2n) is 5.28. The molecule has 2 rings (SSSR count). The quantitative estimate of drug-likeness (QED) is 0.648. The topological polar surface area (TPSA) is 50.7 Å². The van der Waals surface area contributed by atoms with Crippen LogP contribution >= 0.6 is 15.9 Å². The summed E-state index contributed by atoms with van der Waals surface area (Å²) in [6, 6.07) is 7.22. The Morgan fingerprint density at radius 3 is 2.68 bits per heavy atom. The lowest BCUT2D eigenvalue weighted by atomic mass is 9.86. The molecule has 0 heterocycles. The van der Waals surface area contributed by atoms with Gasteiger partial charge in [0, 0.05) is 16.5 Å². The molecule has 1 amide bonds. The zero-order valence-corrected chi connectivity index (χ0v) is 14.3. The molecule has 4 nitrogen and oxygen atoms in total. The third-order valence-corrected chi connectivity index (χ3v) is 4.14. The van der Waals surface area contributed by atoms with E-state index >= 15 is 0 Å². The first kappa shape index (κ1) is 16.5. The molecule has 1 N–H and O–H groups in total. The Morgan fingerprint density at radius 1 is 1.41 bits per heavy atom. The number of halogens is 1. The number of oxime groups is 1. The first-order chi connectivity index (χ1) is 10.5. The van der Waals surface area contributed by atoms with Gasteiger partial charge in [-0.25, -0.2) is 0 Å². The van der Waals surface area contributed by atoms with E-state index in [1.807, 2.05) is 25.1 Å². The van der Waals surface area contributed by atoms with Crippen molar-refractivity contribution in [3.8, 4) is 0 Å². The molecule has 1 atom stereocenters. The second-order valence-corrected chi connectivity index (χ2v) is 6.20. The molecule has 0 spiro atoms. The minimum absolute atomic E-state index is 0.156. The number of carbonyl (C=O) groups excluding carboxylic acids is 1. The van der Waals surface area contributed by atoms with Crippen LogP contribution in [0.2, 0.25) is 0 Å². The molecule has 1 aliphatic rings.